The standard InChI is InChI=1S/C32H32N2O6/c1-4-5-19-38-26-16-14-25(15-17-26)32(36)40-29-18-13-23(20-30(29)37-3)21-33-34-31(35)22(2)39-28-12-8-10-24-9-6-7-11-27(24)28/h6-18,20-22H,4-5,19H2,1-3H3,(H,34,35). The number of unbranched alkanes of at least 4 members (excludes halogenated alkanes) is 1. The van der Waals surface area contributed by atoms with Crippen molar-refractivity contribution in [3.8, 4) is 23.0 Å². The number of benzene rings is 4. The second kappa shape index (κ2) is 13.8. The van der Waals surface area contributed by atoms with Crippen LogP contribution >= 0.6 is 0 Å². The Labute approximate surface area is 233 Å². The summed E-state index contributed by atoms with van der Waals surface area (Å²) in [4.78, 5) is 25.2. The third-order valence-electron chi connectivity index (χ3n) is 6.06. The normalized spacial score (nSPS) is 11.7. The summed E-state index contributed by atoms with van der Waals surface area (Å²) in [6.45, 7) is 4.39. The van der Waals surface area contributed by atoms with Crippen molar-refractivity contribution in [2.75, 3.05) is 13.7 Å². The van der Waals surface area contributed by atoms with Crippen molar-refractivity contribution in [3.63, 3.8) is 0 Å². The number of nitrogens with one attached hydrogen (secondary N) is 1. The van der Waals surface area contributed by atoms with Crippen LogP contribution in [0.5, 0.6) is 23.0 Å². The molecule has 0 saturated carbocycles. The van der Waals surface area contributed by atoms with E-state index in [0.717, 1.165) is 23.6 Å². The number of rotatable bonds is 12. The van der Waals surface area contributed by atoms with E-state index in [1.54, 1.807) is 49.4 Å². The van der Waals surface area contributed by atoms with E-state index in [-0.39, 0.29) is 5.75 Å². The maximum absolute atomic E-state index is 12.6. The molecule has 0 spiro atoms. The largest absolute Gasteiger partial charge is 0.494 e. The molecule has 0 bridgehead atoms. The highest BCUT2D eigenvalue weighted by Crippen LogP contribution is 2.29. The molecule has 1 N–H and O–H groups in total. The molecule has 40 heavy (non-hydrogen) atoms. The van der Waals surface area contributed by atoms with Crippen LogP contribution in [0.15, 0.2) is 90.0 Å². The third kappa shape index (κ3) is 7.38. The third-order valence-corrected chi connectivity index (χ3v) is 6.06. The molecule has 0 aromatic heterocycles. The minimum atomic E-state index is -0.767. The summed E-state index contributed by atoms with van der Waals surface area (Å²) >= 11 is 0. The molecule has 0 aliphatic carbocycles. The molecule has 0 aliphatic rings. The Morgan fingerprint density at radius 2 is 1.70 bits per heavy atom. The van der Waals surface area contributed by atoms with Gasteiger partial charge in [-0.2, -0.15) is 5.10 Å². The Balaban J connectivity index is 1.33. The lowest BCUT2D eigenvalue weighted by atomic mass is 10.1. The summed E-state index contributed by atoms with van der Waals surface area (Å²) in [5.41, 5.74) is 3.51. The highest BCUT2D eigenvalue weighted by Gasteiger charge is 2.16. The lowest BCUT2D eigenvalue weighted by molar-refractivity contribution is -0.127. The van der Waals surface area contributed by atoms with Gasteiger partial charge in [-0.05, 0) is 72.8 Å². The average molecular weight is 541 g/mol. The first-order valence-electron chi connectivity index (χ1n) is 13.1. The maximum Gasteiger partial charge on any atom is 0.343 e. The zero-order valence-corrected chi connectivity index (χ0v) is 22.8. The summed E-state index contributed by atoms with van der Waals surface area (Å²) in [5.74, 6) is 1.00. The first-order chi connectivity index (χ1) is 19.5. The van der Waals surface area contributed by atoms with Gasteiger partial charge in [0, 0.05) is 5.39 Å². The second-order valence-corrected chi connectivity index (χ2v) is 9.00. The number of hydrogen-bond acceptors (Lipinski definition) is 7. The van der Waals surface area contributed by atoms with Crippen LogP contribution in [0.2, 0.25) is 0 Å². The Kier molecular flexibility index (Phi) is 9.72. The molecule has 0 radical (unpaired) electrons. The number of methoxy groups -OCH3 is 1. The minimum absolute atomic E-state index is 0.258. The molecule has 4 aromatic carbocycles. The van der Waals surface area contributed by atoms with E-state index in [1.165, 1.54) is 13.3 Å². The van der Waals surface area contributed by atoms with Gasteiger partial charge in [-0.1, -0.05) is 49.7 Å². The number of esters is 1. The minimum Gasteiger partial charge on any atom is -0.494 e. The van der Waals surface area contributed by atoms with E-state index in [9.17, 15) is 9.59 Å². The first kappa shape index (κ1) is 28.2. The van der Waals surface area contributed by atoms with Gasteiger partial charge in [0.25, 0.3) is 5.91 Å². The molecular formula is C32H32N2O6. The molecule has 0 aliphatic heterocycles. The topological polar surface area (TPSA) is 95.5 Å². The molecule has 4 aromatic rings. The molecule has 0 fully saturated rings. The predicted molar refractivity (Wildman–Crippen MR) is 155 cm³/mol. The van der Waals surface area contributed by atoms with Crippen molar-refractivity contribution in [2.45, 2.75) is 32.8 Å². The fourth-order valence-corrected chi connectivity index (χ4v) is 3.83. The van der Waals surface area contributed by atoms with Crippen molar-refractivity contribution < 1.29 is 28.5 Å². The van der Waals surface area contributed by atoms with E-state index in [4.69, 9.17) is 18.9 Å². The Morgan fingerprint density at radius 3 is 2.48 bits per heavy atom. The highest BCUT2D eigenvalue weighted by atomic mass is 16.6. The van der Waals surface area contributed by atoms with Crippen molar-refractivity contribution in [1.82, 2.24) is 5.43 Å². The Hall–Kier alpha value is -4.85. The number of carbonyl (C=O) groups is 2. The van der Waals surface area contributed by atoms with Crippen molar-refractivity contribution in [2.24, 2.45) is 5.10 Å². The predicted octanol–water partition coefficient (Wildman–Crippen LogP) is 6.16. The quantitative estimate of drug-likeness (QED) is 0.0760. The summed E-state index contributed by atoms with van der Waals surface area (Å²) in [6, 6.07) is 25.3. The molecule has 0 heterocycles. The average Bonchev–Trinajstić information content (AvgIpc) is 2.98. The molecule has 4 rings (SSSR count). The van der Waals surface area contributed by atoms with Gasteiger partial charge in [-0.25, -0.2) is 10.2 Å². The van der Waals surface area contributed by atoms with E-state index < -0.39 is 18.0 Å². The van der Waals surface area contributed by atoms with Crippen molar-refractivity contribution in [3.05, 3.63) is 96.1 Å². The molecule has 1 unspecified atom stereocenters. The van der Waals surface area contributed by atoms with Crippen LogP contribution in [0.3, 0.4) is 0 Å². The van der Waals surface area contributed by atoms with E-state index >= 15 is 0 Å². The van der Waals surface area contributed by atoms with Gasteiger partial charge in [0.1, 0.15) is 11.5 Å². The number of fused-ring (bicyclic) bond motifs is 1. The maximum atomic E-state index is 12.6. The van der Waals surface area contributed by atoms with Crippen LogP contribution in [0.1, 0.15) is 42.6 Å². The molecule has 8 nitrogen and oxygen atoms in total. The van der Waals surface area contributed by atoms with Crippen LogP contribution in [-0.2, 0) is 4.79 Å². The first-order valence-corrected chi connectivity index (χ1v) is 13.1. The van der Waals surface area contributed by atoms with Crippen LogP contribution in [0, 0.1) is 0 Å². The molecule has 206 valence electrons. The van der Waals surface area contributed by atoms with E-state index in [1.807, 2.05) is 42.5 Å². The molecule has 1 amide bonds. The summed E-state index contributed by atoms with van der Waals surface area (Å²) < 4.78 is 22.5. The summed E-state index contributed by atoms with van der Waals surface area (Å²) in [6.07, 6.45) is 2.72. The molecule has 8 heteroatoms. The highest BCUT2D eigenvalue weighted by molar-refractivity contribution is 5.92. The lowest BCUT2D eigenvalue weighted by Gasteiger charge is -2.14. The number of carbonyl (C=O) groups excluding carboxylic acids is 2. The zero-order valence-electron chi connectivity index (χ0n) is 22.8. The van der Waals surface area contributed by atoms with Gasteiger partial charge >= 0.3 is 5.97 Å². The van der Waals surface area contributed by atoms with Gasteiger partial charge < -0.3 is 18.9 Å². The summed E-state index contributed by atoms with van der Waals surface area (Å²) in [7, 11) is 1.48. The number of amides is 1. The molecule has 0 saturated heterocycles. The van der Waals surface area contributed by atoms with Gasteiger partial charge in [0.2, 0.25) is 0 Å². The van der Waals surface area contributed by atoms with Crippen LogP contribution in [0.4, 0.5) is 0 Å². The zero-order chi connectivity index (χ0) is 28.3. The SMILES string of the molecule is CCCCOc1ccc(C(=O)Oc2ccc(C=NNC(=O)C(C)Oc3cccc4ccccc34)cc2OC)cc1. The van der Waals surface area contributed by atoms with Gasteiger partial charge in [-0.15, -0.1) is 0 Å². The fraction of sp³-hybridized carbons (Fsp3) is 0.219. The second-order valence-electron chi connectivity index (χ2n) is 9.00. The van der Waals surface area contributed by atoms with Crippen LogP contribution < -0.4 is 24.4 Å². The van der Waals surface area contributed by atoms with Crippen LogP contribution in [0.25, 0.3) is 10.8 Å². The Bertz CT molecular complexity index is 1480. The number of ether oxygens (including phenoxy) is 4. The van der Waals surface area contributed by atoms with Crippen molar-refractivity contribution >= 4 is 28.9 Å². The number of hydrogen-bond donors (Lipinski definition) is 1. The van der Waals surface area contributed by atoms with E-state index in [0.29, 0.717) is 35.0 Å². The fourth-order valence-electron chi connectivity index (χ4n) is 3.83. The molecule has 1 atom stereocenters. The monoisotopic (exact) mass is 540 g/mol. The van der Waals surface area contributed by atoms with Crippen molar-refractivity contribution in [1.29, 1.82) is 0 Å². The van der Waals surface area contributed by atoms with Gasteiger partial charge in [0.15, 0.2) is 17.6 Å². The smallest absolute Gasteiger partial charge is 0.343 e. The molecular weight excluding hydrogens is 508 g/mol. The van der Waals surface area contributed by atoms with Crippen LogP contribution in [-0.4, -0.2) is 37.9 Å². The number of nitrogens with zero attached hydrogens (tertiary/aromatic N) is 1. The van der Waals surface area contributed by atoms with Gasteiger partial charge in [-0.3, -0.25) is 4.79 Å². The Morgan fingerprint density at radius 1 is 0.925 bits per heavy atom. The number of hydrazone groups is 1. The van der Waals surface area contributed by atoms with E-state index in [2.05, 4.69) is 17.5 Å². The summed E-state index contributed by atoms with van der Waals surface area (Å²) in [5, 5.41) is 5.99. The van der Waals surface area contributed by atoms with Gasteiger partial charge in [0.05, 0.1) is 25.5 Å². The lowest BCUT2D eigenvalue weighted by Crippen LogP contribution is -2.33.